The molecule has 27 heavy (non-hydrogen) atoms. The van der Waals surface area contributed by atoms with E-state index in [0.29, 0.717) is 12.6 Å². The van der Waals surface area contributed by atoms with Crippen LogP contribution in [-0.2, 0) is 9.59 Å². The second kappa shape index (κ2) is 9.31. The SMILES string of the molecule is CC(C(=O)Nc1ccccc1F)N1CCCC(C(=O)NC2CCCCC2)C1. The fourth-order valence-electron chi connectivity index (χ4n) is 4.10. The van der Waals surface area contributed by atoms with Gasteiger partial charge in [-0.1, -0.05) is 31.4 Å². The van der Waals surface area contributed by atoms with E-state index in [1.807, 2.05) is 11.8 Å². The molecule has 0 spiro atoms. The quantitative estimate of drug-likeness (QED) is 0.830. The van der Waals surface area contributed by atoms with Crippen molar-refractivity contribution in [3.63, 3.8) is 0 Å². The first kappa shape index (κ1) is 19.8. The number of hydrogen-bond donors (Lipinski definition) is 2. The Balaban J connectivity index is 1.54. The average Bonchev–Trinajstić information content (AvgIpc) is 2.70. The molecule has 1 aliphatic carbocycles. The molecule has 1 saturated heterocycles. The topological polar surface area (TPSA) is 61.4 Å². The van der Waals surface area contributed by atoms with Crippen LogP contribution in [0.15, 0.2) is 24.3 Å². The van der Waals surface area contributed by atoms with Crippen LogP contribution in [0.3, 0.4) is 0 Å². The largest absolute Gasteiger partial charge is 0.353 e. The molecule has 2 unspecified atom stereocenters. The van der Waals surface area contributed by atoms with Gasteiger partial charge < -0.3 is 10.6 Å². The molecule has 1 aromatic carbocycles. The molecular formula is C21H30FN3O2. The molecule has 2 amide bonds. The fourth-order valence-corrected chi connectivity index (χ4v) is 4.10. The second-order valence-electron chi connectivity index (χ2n) is 7.82. The van der Waals surface area contributed by atoms with E-state index in [2.05, 4.69) is 10.6 Å². The first-order chi connectivity index (χ1) is 13.0. The first-order valence-corrected chi connectivity index (χ1v) is 10.1. The smallest absolute Gasteiger partial charge is 0.241 e. The van der Waals surface area contributed by atoms with Crippen LogP contribution in [-0.4, -0.2) is 41.9 Å². The Morgan fingerprint density at radius 1 is 1.11 bits per heavy atom. The summed E-state index contributed by atoms with van der Waals surface area (Å²) in [6.07, 6.45) is 7.53. The number of halogens is 1. The fraction of sp³-hybridized carbons (Fsp3) is 0.619. The van der Waals surface area contributed by atoms with E-state index in [9.17, 15) is 14.0 Å². The molecule has 6 heteroatoms. The van der Waals surface area contributed by atoms with Crippen molar-refractivity contribution < 1.29 is 14.0 Å². The molecular weight excluding hydrogens is 345 g/mol. The molecule has 0 radical (unpaired) electrons. The molecule has 5 nitrogen and oxygen atoms in total. The summed E-state index contributed by atoms with van der Waals surface area (Å²) in [7, 11) is 0. The number of hydrogen-bond acceptors (Lipinski definition) is 3. The molecule has 148 valence electrons. The Morgan fingerprint density at radius 2 is 1.85 bits per heavy atom. The van der Waals surface area contributed by atoms with Crippen LogP contribution in [0.25, 0.3) is 0 Å². The van der Waals surface area contributed by atoms with E-state index in [-0.39, 0.29) is 23.4 Å². The Kier molecular flexibility index (Phi) is 6.83. The van der Waals surface area contributed by atoms with Gasteiger partial charge in [0.25, 0.3) is 0 Å². The first-order valence-electron chi connectivity index (χ1n) is 10.1. The minimum atomic E-state index is -0.443. The lowest BCUT2D eigenvalue weighted by molar-refractivity contribution is -0.130. The molecule has 1 aliphatic heterocycles. The minimum absolute atomic E-state index is 0.0793. The third kappa shape index (κ3) is 5.28. The van der Waals surface area contributed by atoms with E-state index in [0.717, 1.165) is 32.2 Å². The Labute approximate surface area is 160 Å². The van der Waals surface area contributed by atoms with Gasteiger partial charge in [-0.3, -0.25) is 14.5 Å². The predicted octanol–water partition coefficient (Wildman–Crippen LogP) is 3.31. The standard InChI is InChI=1S/C21H30FN3O2/c1-15(20(26)24-19-12-6-5-11-18(19)22)25-13-7-8-16(14-25)21(27)23-17-9-3-2-4-10-17/h5-6,11-12,15-17H,2-4,7-10,13-14H2,1H3,(H,23,27)(H,24,26). The number of para-hydroxylation sites is 1. The molecule has 0 bridgehead atoms. The highest BCUT2D eigenvalue weighted by Crippen LogP contribution is 2.22. The van der Waals surface area contributed by atoms with Crippen LogP contribution in [0.2, 0.25) is 0 Å². The summed E-state index contributed by atoms with van der Waals surface area (Å²) in [6.45, 7) is 3.17. The van der Waals surface area contributed by atoms with Gasteiger partial charge in [-0.05, 0) is 51.3 Å². The van der Waals surface area contributed by atoms with Gasteiger partial charge in [0.05, 0.1) is 17.6 Å². The zero-order valence-corrected chi connectivity index (χ0v) is 16.0. The number of carbonyl (C=O) groups is 2. The number of likely N-dealkylation sites (tertiary alicyclic amines) is 1. The molecule has 1 heterocycles. The van der Waals surface area contributed by atoms with Crippen molar-refractivity contribution >= 4 is 17.5 Å². The van der Waals surface area contributed by atoms with Crippen LogP contribution < -0.4 is 10.6 Å². The highest BCUT2D eigenvalue weighted by molar-refractivity contribution is 5.94. The van der Waals surface area contributed by atoms with Crippen molar-refractivity contribution in [1.29, 1.82) is 0 Å². The summed E-state index contributed by atoms with van der Waals surface area (Å²) >= 11 is 0. The number of nitrogens with one attached hydrogen (secondary N) is 2. The van der Waals surface area contributed by atoms with Gasteiger partial charge in [0, 0.05) is 12.6 Å². The summed E-state index contributed by atoms with van der Waals surface area (Å²) in [4.78, 5) is 27.2. The van der Waals surface area contributed by atoms with Crippen molar-refractivity contribution in [3.8, 4) is 0 Å². The molecule has 2 N–H and O–H groups in total. The van der Waals surface area contributed by atoms with Gasteiger partial charge in [0.1, 0.15) is 5.82 Å². The lowest BCUT2D eigenvalue weighted by atomic mass is 9.92. The molecule has 1 aromatic rings. The number of carbonyl (C=O) groups excluding carboxylic acids is 2. The number of anilines is 1. The molecule has 0 aromatic heterocycles. The summed E-state index contributed by atoms with van der Waals surface area (Å²) < 4.78 is 13.8. The lowest BCUT2D eigenvalue weighted by Gasteiger charge is -2.36. The summed E-state index contributed by atoms with van der Waals surface area (Å²) in [6, 6.07) is 6.06. The van der Waals surface area contributed by atoms with E-state index < -0.39 is 11.9 Å². The van der Waals surface area contributed by atoms with E-state index in [4.69, 9.17) is 0 Å². The second-order valence-corrected chi connectivity index (χ2v) is 7.82. The number of rotatable bonds is 5. The zero-order chi connectivity index (χ0) is 19.2. The van der Waals surface area contributed by atoms with E-state index in [1.165, 1.54) is 25.3 Å². The maximum Gasteiger partial charge on any atom is 0.241 e. The Hall–Kier alpha value is -1.95. The number of nitrogens with zero attached hydrogens (tertiary/aromatic N) is 1. The number of amides is 2. The van der Waals surface area contributed by atoms with Gasteiger partial charge in [-0.2, -0.15) is 0 Å². The van der Waals surface area contributed by atoms with Crippen molar-refractivity contribution in [2.45, 2.75) is 64.0 Å². The summed E-state index contributed by atoms with van der Waals surface area (Å²) in [5, 5.41) is 5.87. The Morgan fingerprint density at radius 3 is 2.59 bits per heavy atom. The van der Waals surface area contributed by atoms with Crippen LogP contribution in [0, 0.1) is 11.7 Å². The highest BCUT2D eigenvalue weighted by Gasteiger charge is 2.32. The Bertz CT molecular complexity index is 661. The van der Waals surface area contributed by atoms with Crippen LogP contribution in [0.5, 0.6) is 0 Å². The third-order valence-electron chi connectivity index (χ3n) is 5.83. The number of benzene rings is 1. The van der Waals surface area contributed by atoms with Gasteiger partial charge in [-0.25, -0.2) is 4.39 Å². The molecule has 3 rings (SSSR count). The van der Waals surface area contributed by atoms with Gasteiger partial charge in [0.2, 0.25) is 11.8 Å². The van der Waals surface area contributed by atoms with Gasteiger partial charge in [-0.15, -0.1) is 0 Å². The summed E-state index contributed by atoms with van der Waals surface area (Å²) in [5.41, 5.74) is 0.193. The monoisotopic (exact) mass is 375 g/mol. The third-order valence-corrected chi connectivity index (χ3v) is 5.83. The van der Waals surface area contributed by atoms with Crippen molar-refractivity contribution in [2.75, 3.05) is 18.4 Å². The van der Waals surface area contributed by atoms with Crippen LogP contribution in [0.1, 0.15) is 51.9 Å². The van der Waals surface area contributed by atoms with Crippen LogP contribution >= 0.6 is 0 Å². The maximum absolute atomic E-state index is 13.8. The molecule has 2 fully saturated rings. The van der Waals surface area contributed by atoms with Crippen molar-refractivity contribution in [3.05, 3.63) is 30.1 Å². The van der Waals surface area contributed by atoms with Crippen molar-refractivity contribution in [1.82, 2.24) is 10.2 Å². The van der Waals surface area contributed by atoms with Gasteiger partial charge in [0.15, 0.2) is 0 Å². The average molecular weight is 375 g/mol. The molecule has 1 saturated carbocycles. The van der Waals surface area contributed by atoms with E-state index >= 15 is 0 Å². The molecule has 2 atom stereocenters. The number of piperidine rings is 1. The maximum atomic E-state index is 13.8. The predicted molar refractivity (Wildman–Crippen MR) is 104 cm³/mol. The highest BCUT2D eigenvalue weighted by atomic mass is 19.1. The summed E-state index contributed by atoms with van der Waals surface area (Å²) in [5.74, 6) is -0.646. The molecule has 2 aliphatic rings. The van der Waals surface area contributed by atoms with Gasteiger partial charge >= 0.3 is 0 Å². The van der Waals surface area contributed by atoms with E-state index in [1.54, 1.807) is 18.2 Å². The zero-order valence-electron chi connectivity index (χ0n) is 16.0. The van der Waals surface area contributed by atoms with Crippen LogP contribution in [0.4, 0.5) is 10.1 Å². The minimum Gasteiger partial charge on any atom is -0.353 e. The lowest BCUT2D eigenvalue weighted by Crippen LogP contribution is -2.51. The van der Waals surface area contributed by atoms with Crippen molar-refractivity contribution in [2.24, 2.45) is 5.92 Å². The normalized spacial score (nSPS) is 22.8.